The molecule has 0 aromatic carbocycles. The molecule has 4 heteroatoms. The summed E-state index contributed by atoms with van der Waals surface area (Å²) >= 11 is 0. The van der Waals surface area contributed by atoms with Crippen LogP contribution in [0, 0.1) is 11.8 Å². The largest absolute Gasteiger partial charge is 0.481 e. The van der Waals surface area contributed by atoms with Gasteiger partial charge in [0.15, 0.2) is 0 Å². The minimum atomic E-state index is -0.861. The van der Waals surface area contributed by atoms with Gasteiger partial charge in [0.05, 0.1) is 5.92 Å². The monoisotopic (exact) mass is 197 g/mol. The van der Waals surface area contributed by atoms with Crippen LogP contribution in [-0.2, 0) is 9.59 Å². The Morgan fingerprint density at radius 3 is 2.93 bits per heavy atom. The van der Waals surface area contributed by atoms with Crippen molar-refractivity contribution in [2.75, 3.05) is 13.1 Å². The van der Waals surface area contributed by atoms with Gasteiger partial charge in [0.2, 0.25) is 5.91 Å². The fourth-order valence-electron chi connectivity index (χ4n) is 1.55. The molecule has 1 fully saturated rings. The minimum absolute atomic E-state index is 0.0306. The topological polar surface area (TPSA) is 57.6 Å². The molecule has 2 unspecified atom stereocenters. The number of hydrogen-bond donors (Lipinski definition) is 1. The molecule has 1 saturated heterocycles. The molecule has 0 aliphatic carbocycles. The van der Waals surface area contributed by atoms with E-state index < -0.39 is 11.9 Å². The van der Waals surface area contributed by atoms with Crippen molar-refractivity contribution in [2.24, 2.45) is 11.8 Å². The average Bonchev–Trinajstić information content (AvgIpc) is 2.47. The Hall–Kier alpha value is -1.32. The van der Waals surface area contributed by atoms with Gasteiger partial charge in [-0.2, -0.15) is 0 Å². The summed E-state index contributed by atoms with van der Waals surface area (Å²) in [6, 6.07) is 0. The average molecular weight is 197 g/mol. The highest BCUT2D eigenvalue weighted by Gasteiger charge is 2.29. The SMILES string of the molecule is C=CC1CC(=O)N(CC(C)C(=O)O)C1. The Morgan fingerprint density at radius 2 is 2.50 bits per heavy atom. The number of rotatable bonds is 4. The zero-order chi connectivity index (χ0) is 10.7. The van der Waals surface area contributed by atoms with Gasteiger partial charge in [-0.25, -0.2) is 0 Å². The summed E-state index contributed by atoms with van der Waals surface area (Å²) in [5.41, 5.74) is 0. The lowest BCUT2D eigenvalue weighted by Crippen LogP contribution is -2.32. The highest BCUT2D eigenvalue weighted by Crippen LogP contribution is 2.19. The normalized spacial score (nSPS) is 23.6. The highest BCUT2D eigenvalue weighted by molar-refractivity contribution is 5.80. The Morgan fingerprint density at radius 1 is 1.86 bits per heavy atom. The Balaban J connectivity index is 2.50. The van der Waals surface area contributed by atoms with Gasteiger partial charge < -0.3 is 10.0 Å². The zero-order valence-electron chi connectivity index (χ0n) is 8.27. The Bertz CT molecular complexity index is 262. The van der Waals surface area contributed by atoms with Crippen LogP contribution in [0.25, 0.3) is 0 Å². The van der Waals surface area contributed by atoms with Crippen LogP contribution < -0.4 is 0 Å². The van der Waals surface area contributed by atoms with E-state index in [9.17, 15) is 9.59 Å². The number of carboxylic acid groups (broad SMARTS) is 1. The van der Waals surface area contributed by atoms with E-state index in [0.29, 0.717) is 19.5 Å². The van der Waals surface area contributed by atoms with Gasteiger partial charge in [-0.3, -0.25) is 9.59 Å². The maximum Gasteiger partial charge on any atom is 0.308 e. The molecule has 1 heterocycles. The fourth-order valence-corrected chi connectivity index (χ4v) is 1.55. The van der Waals surface area contributed by atoms with E-state index in [2.05, 4.69) is 6.58 Å². The van der Waals surface area contributed by atoms with Crippen molar-refractivity contribution < 1.29 is 14.7 Å². The second-order valence-electron chi connectivity index (χ2n) is 3.74. The van der Waals surface area contributed by atoms with Crippen molar-refractivity contribution in [3.8, 4) is 0 Å². The van der Waals surface area contributed by atoms with Gasteiger partial charge in [0.25, 0.3) is 0 Å². The van der Waals surface area contributed by atoms with Crippen molar-refractivity contribution in [3.63, 3.8) is 0 Å². The summed E-state index contributed by atoms with van der Waals surface area (Å²) in [5, 5.41) is 8.69. The van der Waals surface area contributed by atoms with Gasteiger partial charge in [0.1, 0.15) is 0 Å². The van der Waals surface area contributed by atoms with E-state index in [4.69, 9.17) is 5.11 Å². The summed E-state index contributed by atoms with van der Waals surface area (Å²) in [4.78, 5) is 23.6. The third-order valence-corrected chi connectivity index (χ3v) is 2.49. The summed E-state index contributed by atoms with van der Waals surface area (Å²) in [6.45, 7) is 6.15. The molecule has 1 rings (SSSR count). The number of likely N-dealkylation sites (tertiary alicyclic amines) is 1. The standard InChI is InChI=1S/C10H15NO3/c1-3-8-4-9(12)11(6-8)5-7(2)10(13)14/h3,7-8H,1,4-6H2,2H3,(H,13,14). The van der Waals surface area contributed by atoms with Crippen molar-refractivity contribution in [2.45, 2.75) is 13.3 Å². The van der Waals surface area contributed by atoms with E-state index in [-0.39, 0.29) is 11.8 Å². The molecule has 1 amide bonds. The second kappa shape index (κ2) is 4.26. The zero-order valence-corrected chi connectivity index (χ0v) is 8.27. The summed E-state index contributed by atoms with van der Waals surface area (Å²) in [7, 11) is 0. The number of aliphatic carboxylic acids is 1. The van der Waals surface area contributed by atoms with Gasteiger partial charge in [0, 0.05) is 25.4 Å². The predicted molar refractivity (Wildman–Crippen MR) is 51.7 cm³/mol. The molecule has 0 aromatic heterocycles. The van der Waals surface area contributed by atoms with Crippen LogP contribution in [0.4, 0.5) is 0 Å². The van der Waals surface area contributed by atoms with Crippen molar-refractivity contribution in [3.05, 3.63) is 12.7 Å². The molecule has 78 valence electrons. The first-order valence-electron chi connectivity index (χ1n) is 4.67. The van der Waals surface area contributed by atoms with Crippen molar-refractivity contribution in [1.29, 1.82) is 0 Å². The third-order valence-electron chi connectivity index (χ3n) is 2.49. The number of hydrogen-bond acceptors (Lipinski definition) is 2. The van der Waals surface area contributed by atoms with Gasteiger partial charge in [-0.05, 0) is 0 Å². The van der Waals surface area contributed by atoms with Crippen LogP contribution in [0.1, 0.15) is 13.3 Å². The maximum absolute atomic E-state index is 11.4. The second-order valence-corrected chi connectivity index (χ2v) is 3.74. The van der Waals surface area contributed by atoms with Crippen LogP contribution in [0.15, 0.2) is 12.7 Å². The summed E-state index contributed by atoms with van der Waals surface area (Å²) in [6.07, 6.45) is 2.22. The number of carbonyl (C=O) groups is 2. The molecule has 14 heavy (non-hydrogen) atoms. The molecule has 1 aliphatic heterocycles. The number of amides is 1. The van der Waals surface area contributed by atoms with Crippen molar-refractivity contribution >= 4 is 11.9 Å². The van der Waals surface area contributed by atoms with Crippen LogP contribution in [-0.4, -0.2) is 35.0 Å². The summed E-state index contributed by atoms with van der Waals surface area (Å²) < 4.78 is 0. The van der Waals surface area contributed by atoms with E-state index in [1.807, 2.05) is 0 Å². The van der Waals surface area contributed by atoms with Crippen molar-refractivity contribution in [1.82, 2.24) is 4.90 Å². The number of nitrogens with zero attached hydrogens (tertiary/aromatic N) is 1. The summed E-state index contributed by atoms with van der Waals surface area (Å²) in [5.74, 6) is -1.14. The van der Waals surface area contributed by atoms with Crippen LogP contribution >= 0.6 is 0 Å². The molecule has 1 aliphatic rings. The minimum Gasteiger partial charge on any atom is -0.481 e. The lowest BCUT2D eigenvalue weighted by atomic mass is 10.1. The number of carbonyl (C=O) groups excluding carboxylic acids is 1. The first kappa shape index (κ1) is 10.8. The quantitative estimate of drug-likeness (QED) is 0.676. The molecule has 1 N–H and O–H groups in total. The maximum atomic E-state index is 11.4. The molecule has 0 radical (unpaired) electrons. The predicted octanol–water partition coefficient (Wildman–Crippen LogP) is 0.742. The van der Waals surface area contributed by atoms with Crippen LogP contribution in [0.5, 0.6) is 0 Å². The molecule has 4 nitrogen and oxygen atoms in total. The Labute approximate surface area is 83.2 Å². The first-order chi connectivity index (χ1) is 6.54. The lowest BCUT2D eigenvalue weighted by Gasteiger charge is -2.18. The molecule has 2 atom stereocenters. The van der Waals surface area contributed by atoms with Gasteiger partial charge >= 0.3 is 5.97 Å². The molecular weight excluding hydrogens is 182 g/mol. The fraction of sp³-hybridized carbons (Fsp3) is 0.600. The lowest BCUT2D eigenvalue weighted by molar-refractivity contribution is -0.142. The van der Waals surface area contributed by atoms with Crippen LogP contribution in [0.2, 0.25) is 0 Å². The molecular formula is C10H15NO3. The smallest absolute Gasteiger partial charge is 0.308 e. The third kappa shape index (κ3) is 2.34. The number of carboxylic acids is 1. The van der Waals surface area contributed by atoms with Gasteiger partial charge in [-0.15, -0.1) is 6.58 Å². The van der Waals surface area contributed by atoms with E-state index in [1.165, 1.54) is 0 Å². The Kier molecular flexibility index (Phi) is 3.28. The van der Waals surface area contributed by atoms with Gasteiger partial charge in [-0.1, -0.05) is 13.0 Å². The molecule has 0 saturated carbocycles. The van der Waals surface area contributed by atoms with E-state index in [0.717, 1.165) is 0 Å². The first-order valence-corrected chi connectivity index (χ1v) is 4.67. The molecule has 0 aromatic rings. The molecule has 0 spiro atoms. The molecule has 0 bridgehead atoms. The van der Waals surface area contributed by atoms with Crippen LogP contribution in [0.3, 0.4) is 0 Å². The van der Waals surface area contributed by atoms with E-state index in [1.54, 1.807) is 17.9 Å². The van der Waals surface area contributed by atoms with E-state index >= 15 is 0 Å². The highest BCUT2D eigenvalue weighted by atomic mass is 16.4.